The van der Waals surface area contributed by atoms with Crippen LogP contribution >= 0.6 is 0 Å². The molecule has 1 aliphatic rings. The van der Waals surface area contributed by atoms with Crippen LogP contribution in [-0.4, -0.2) is 0 Å². The van der Waals surface area contributed by atoms with Crippen molar-refractivity contribution >= 4 is 6.08 Å². The molecule has 11 heavy (non-hydrogen) atoms. The Bertz CT molecular complexity index is 327. The van der Waals surface area contributed by atoms with Gasteiger partial charge >= 0.3 is 0 Å². The maximum Gasteiger partial charge on any atom is 0.130 e. The van der Waals surface area contributed by atoms with E-state index in [1.54, 1.807) is 6.08 Å². The van der Waals surface area contributed by atoms with Gasteiger partial charge in [0.2, 0.25) is 0 Å². The Morgan fingerprint density at radius 1 is 1.18 bits per heavy atom. The van der Waals surface area contributed by atoms with Crippen molar-refractivity contribution in [2.24, 2.45) is 0 Å². The minimum Gasteiger partial charge on any atom is -0.207 e. The van der Waals surface area contributed by atoms with Crippen LogP contribution in [0.3, 0.4) is 0 Å². The van der Waals surface area contributed by atoms with Gasteiger partial charge in [-0.2, -0.15) is 0 Å². The van der Waals surface area contributed by atoms with Gasteiger partial charge in [0.05, 0.1) is 0 Å². The molecule has 0 saturated heterocycles. The summed E-state index contributed by atoms with van der Waals surface area (Å²) < 4.78 is 25.4. The molecule has 0 saturated carbocycles. The first kappa shape index (κ1) is 6.53. The van der Waals surface area contributed by atoms with E-state index in [2.05, 4.69) is 0 Å². The van der Waals surface area contributed by atoms with Gasteiger partial charge in [0.25, 0.3) is 0 Å². The first-order chi connectivity index (χ1) is 5.27. The first-order valence-corrected chi connectivity index (χ1v) is 3.42. The summed E-state index contributed by atoms with van der Waals surface area (Å²) in [4.78, 5) is 0. The van der Waals surface area contributed by atoms with E-state index >= 15 is 0 Å². The zero-order valence-corrected chi connectivity index (χ0v) is 5.77. The van der Waals surface area contributed by atoms with Gasteiger partial charge in [-0.3, -0.25) is 0 Å². The van der Waals surface area contributed by atoms with E-state index < -0.39 is 11.6 Å². The van der Waals surface area contributed by atoms with Crippen LogP contribution in [0.2, 0.25) is 0 Å². The Kier molecular flexibility index (Phi) is 1.28. The molecule has 0 aliphatic heterocycles. The van der Waals surface area contributed by atoms with Crippen LogP contribution in [0.5, 0.6) is 0 Å². The minimum atomic E-state index is -0.507. The number of hydrogen-bond donors (Lipinski definition) is 0. The van der Waals surface area contributed by atoms with Gasteiger partial charge < -0.3 is 0 Å². The summed E-state index contributed by atoms with van der Waals surface area (Å²) in [5.41, 5.74) is 1.27. The summed E-state index contributed by atoms with van der Waals surface area (Å²) in [6, 6.07) is 2.27. The third-order valence-electron chi connectivity index (χ3n) is 1.81. The number of halogens is 2. The molecular weight excluding hydrogens is 146 g/mol. The normalized spacial score (nSPS) is 13.6. The number of fused-ring (bicyclic) bond motifs is 1. The predicted octanol–water partition coefficient (Wildman–Crippen LogP) is 2.53. The molecule has 0 radical (unpaired) electrons. The molecule has 56 valence electrons. The third kappa shape index (κ3) is 0.946. The lowest BCUT2D eigenvalue weighted by Gasteiger charge is -1.99. The standard InChI is InChI=1S/C9H6F2/c10-7-4-6-2-1-3-8(6)9(11)5-7/h1-2,4-5H,3H2. The van der Waals surface area contributed by atoms with E-state index in [4.69, 9.17) is 0 Å². The van der Waals surface area contributed by atoms with Crippen LogP contribution in [0.15, 0.2) is 18.2 Å². The maximum absolute atomic E-state index is 12.9. The number of allylic oxidation sites excluding steroid dienone is 1. The third-order valence-corrected chi connectivity index (χ3v) is 1.81. The number of rotatable bonds is 0. The Hall–Kier alpha value is -1.18. The summed E-state index contributed by atoms with van der Waals surface area (Å²) in [5, 5.41) is 0. The number of benzene rings is 1. The Balaban J connectivity index is 2.66. The van der Waals surface area contributed by atoms with E-state index in [0.29, 0.717) is 17.5 Å². The molecule has 0 bridgehead atoms. The molecule has 2 heteroatoms. The van der Waals surface area contributed by atoms with Crippen molar-refractivity contribution in [2.75, 3.05) is 0 Å². The van der Waals surface area contributed by atoms with E-state index in [9.17, 15) is 8.78 Å². The van der Waals surface area contributed by atoms with Gasteiger partial charge in [0.15, 0.2) is 0 Å². The van der Waals surface area contributed by atoms with Gasteiger partial charge in [-0.1, -0.05) is 12.2 Å². The van der Waals surface area contributed by atoms with Gasteiger partial charge in [-0.25, -0.2) is 8.78 Å². The van der Waals surface area contributed by atoms with Crippen molar-refractivity contribution < 1.29 is 8.78 Å². The van der Waals surface area contributed by atoms with Crippen molar-refractivity contribution in [2.45, 2.75) is 6.42 Å². The van der Waals surface area contributed by atoms with Crippen molar-refractivity contribution in [3.8, 4) is 0 Å². The highest BCUT2D eigenvalue weighted by atomic mass is 19.1. The van der Waals surface area contributed by atoms with Gasteiger partial charge in [-0.05, 0) is 23.6 Å². The fraction of sp³-hybridized carbons (Fsp3) is 0.111. The summed E-state index contributed by atoms with van der Waals surface area (Å²) in [7, 11) is 0. The highest BCUT2D eigenvalue weighted by Crippen LogP contribution is 2.23. The molecule has 0 fully saturated rings. The lowest BCUT2D eigenvalue weighted by Crippen LogP contribution is -1.90. The zero-order valence-electron chi connectivity index (χ0n) is 5.77. The summed E-state index contributed by atoms with van der Waals surface area (Å²) in [6.45, 7) is 0. The van der Waals surface area contributed by atoms with Crippen LogP contribution in [0.25, 0.3) is 6.08 Å². The SMILES string of the molecule is Fc1cc(F)c2c(c1)C=CC2. The average molecular weight is 152 g/mol. The van der Waals surface area contributed by atoms with Crippen LogP contribution in [0.1, 0.15) is 11.1 Å². The largest absolute Gasteiger partial charge is 0.207 e. The highest BCUT2D eigenvalue weighted by Gasteiger charge is 2.11. The molecule has 0 heterocycles. The van der Waals surface area contributed by atoms with Gasteiger partial charge in [0.1, 0.15) is 11.6 Å². The Morgan fingerprint density at radius 3 is 2.82 bits per heavy atom. The Morgan fingerprint density at radius 2 is 2.00 bits per heavy atom. The lowest BCUT2D eigenvalue weighted by molar-refractivity contribution is 0.575. The highest BCUT2D eigenvalue weighted by molar-refractivity contribution is 5.60. The molecule has 0 N–H and O–H groups in total. The van der Waals surface area contributed by atoms with Crippen LogP contribution in [0, 0.1) is 11.6 Å². The van der Waals surface area contributed by atoms with E-state index in [1.807, 2.05) is 6.08 Å². The molecular formula is C9H6F2. The van der Waals surface area contributed by atoms with Gasteiger partial charge in [-0.15, -0.1) is 0 Å². The molecule has 1 aromatic rings. The lowest BCUT2D eigenvalue weighted by atomic mass is 10.1. The summed E-state index contributed by atoms with van der Waals surface area (Å²) in [6.07, 6.45) is 4.15. The minimum absolute atomic E-state index is 0.440. The fourth-order valence-corrected chi connectivity index (χ4v) is 1.29. The van der Waals surface area contributed by atoms with Crippen LogP contribution in [-0.2, 0) is 6.42 Å². The molecule has 0 unspecified atom stereocenters. The monoisotopic (exact) mass is 152 g/mol. The summed E-state index contributed by atoms with van der Waals surface area (Å²) in [5.74, 6) is -0.946. The summed E-state index contributed by atoms with van der Waals surface area (Å²) >= 11 is 0. The van der Waals surface area contributed by atoms with Crippen molar-refractivity contribution in [1.82, 2.24) is 0 Å². The number of hydrogen-bond acceptors (Lipinski definition) is 0. The fourth-order valence-electron chi connectivity index (χ4n) is 1.29. The topological polar surface area (TPSA) is 0 Å². The quantitative estimate of drug-likeness (QED) is 0.535. The smallest absolute Gasteiger partial charge is 0.130 e. The molecule has 0 amide bonds. The van der Waals surface area contributed by atoms with Crippen molar-refractivity contribution in [3.63, 3.8) is 0 Å². The molecule has 1 aliphatic carbocycles. The molecule has 0 atom stereocenters. The second-order valence-electron chi connectivity index (χ2n) is 2.56. The molecule has 0 nitrogen and oxygen atoms in total. The molecule has 0 spiro atoms. The molecule has 1 aromatic carbocycles. The maximum atomic E-state index is 12.9. The average Bonchev–Trinajstić information content (AvgIpc) is 2.34. The van der Waals surface area contributed by atoms with Gasteiger partial charge in [0, 0.05) is 6.07 Å². The first-order valence-electron chi connectivity index (χ1n) is 3.42. The van der Waals surface area contributed by atoms with Crippen molar-refractivity contribution in [3.05, 3.63) is 41.0 Å². The van der Waals surface area contributed by atoms with E-state index in [-0.39, 0.29) is 0 Å². The zero-order chi connectivity index (χ0) is 7.84. The van der Waals surface area contributed by atoms with Crippen LogP contribution in [0.4, 0.5) is 8.78 Å². The molecule has 2 rings (SSSR count). The second kappa shape index (κ2) is 2.16. The van der Waals surface area contributed by atoms with Crippen LogP contribution < -0.4 is 0 Å². The van der Waals surface area contributed by atoms with E-state index in [1.165, 1.54) is 6.07 Å². The predicted molar refractivity (Wildman–Crippen MR) is 39.1 cm³/mol. The second-order valence-corrected chi connectivity index (χ2v) is 2.56. The van der Waals surface area contributed by atoms with Crippen molar-refractivity contribution in [1.29, 1.82) is 0 Å². The Labute approximate surface area is 63.2 Å². The molecule has 0 aromatic heterocycles. The van der Waals surface area contributed by atoms with E-state index in [0.717, 1.165) is 6.07 Å².